The first kappa shape index (κ1) is 13.1. The maximum atomic E-state index is 11.5. The zero-order valence-electron chi connectivity index (χ0n) is 10.7. The van der Waals surface area contributed by atoms with Crippen molar-refractivity contribution in [2.75, 3.05) is 6.61 Å². The van der Waals surface area contributed by atoms with Crippen molar-refractivity contribution in [1.82, 2.24) is 0 Å². The molecule has 96 valence electrons. The Morgan fingerprint density at radius 2 is 2.17 bits per heavy atom. The first-order valence-corrected chi connectivity index (χ1v) is 6.70. The van der Waals surface area contributed by atoms with E-state index >= 15 is 0 Å². The first-order valence-electron chi connectivity index (χ1n) is 5.89. The third-order valence-corrected chi connectivity index (χ3v) is 4.20. The van der Waals surface area contributed by atoms with Gasteiger partial charge in [-0.1, -0.05) is 12.1 Å². The number of ether oxygens (including phenoxy) is 1. The topological polar surface area (TPSA) is 46.5 Å². The average Bonchev–Trinajstić information content (AvgIpc) is 2.64. The Morgan fingerprint density at radius 3 is 2.83 bits per heavy atom. The van der Waals surface area contributed by atoms with Crippen LogP contribution in [-0.2, 0) is 9.53 Å². The minimum Gasteiger partial charge on any atom is -0.464 e. The van der Waals surface area contributed by atoms with Crippen molar-refractivity contribution in [2.24, 2.45) is 0 Å². The zero-order valence-corrected chi connectivity index (χ0v) is 11.5. The number of carbonyl (C=O) groups is 1. The van der Waals surface area contributed by atoms with E-state index in [4.69, 9.17) is 4.74 Å². The molecule has 1 aromatic heterocycles. The summed E-state index contributed by atoms with van der Waals surface area (Å²) in [4.78, 5) is 12.7. The van der Waals surface area contributed by atoms with Crippen LogP contribution in [0.1, 0.15) is 29.0 Å². The van der Waals surface area contributed by atoms with Gasteiger partial charge in [-0.05, 0) is 43.4 Å². The molecule has 2 aromatic rings. The van der Waals surface area contributed by atoms with E-state index in [1.807, 2.05) is 12.1 Å². The molecule has 1 heterocycles. The number of aryl methyl sites for hydroxylation is 2. The minimum absolute atomic E-state index is 0.273. The van der Waals surface area contributed by atoms with E-state index in [2.05, 4.69) is 13.8 Å². The Bertz CT molecular complexity index is 586. The molecule has 0 saturated heterocycles. The number of fused-ring (bicyclic) bond motifs is 1. The highest BCUT2D eigenvalue weighted by molar-refractivity contribution is 7.19. The van der Waals surface area contributed by atoms with E-state index in [0.29, 0.717) is 5.56 Å². The summed E-state index contributed by atoms with van der Waals surface area (Å²) in [5.41, 5.74) is 1.84. The Balaban J connectivity index is 2.38. The van der Waals surface area contributed by atoms with Gasteiger partial charge in [-0.15, -0.1) is 11.3 Å². The summed E-state index contributed by atoms with van der Waals surface area (Å²) in [6, 6.07) is 5.59. The Labute approximate surface area is 110 Å². The molecule has 0 saturated carbocycles. The Hall–Kier alpha value is -1.39. The lowest BCUT2D eigenvalue weighted by Crippen LogP contribution is -2.15. The molecule has 1 atom stereocenters. The maximum Gasteiger partial charge on any atom is 0.339 e. The molecule has 1 aromatic carbocycles. The first-order chi connectivity index (χ1) is 8.54. The summed E-state index contributed by atoms with van der Waals surface area (Å²) in [6.07, 6.45) is -1.20. The fourth-order valence-corrected chi connectivity index (χ4v) is 3.01. The largest absolute Gasteiger partial charge is 0.464 e. The van der Waals surface area contributed by atoms with Gasteiger partial charge in [0, 0.05) is 9.58 Å². The van der Waals surface area contributed by atoms with Crippen LogP contribution in [0.5, 0.6) is 0 Å². The Kier molecular flexibility index (Phi) is 3.68. The predicted octanol–water partition coefficient (Wildman–Crippen LogP) is 3.11. The van der Waals surface area contributed by atoms with Gasteiger partial charge in [-0.3, -0.25) is 0 Å². The van der Waals surface area contributed by atoms with Crippen LogP contribution in [0.15, 0.2) is 18.2 Å². The number of esters is 1. The van der Waals surface area contributed by atoms with Gasteiger partial charge in [0.15, 0.2) is 6.10 Å². The molecule has 0 fully saturated rings. The SMILES string of the molecule is CCOC(=O)C(O)c1ccc2c(C)c(C)sc2c1. The molecule has 1 N–H and O–H groups in total. The minimum atomic E-state index is -1.20. The van der Waals surface area contributed by atoms with Crippen LogP contribution >= 0.6 is 11.3 Å². The lowest BCUT2D eigenvalue weighted by molar-refractivity contribution is -0.153. The van der Waals surface area contributed by atoms with Crippen molar-refractivity contribution in [2.45, 2.75) is 26.9 Å². The summed E-state index contributed by atoms with van der Waals surface area (Å²) in [5, 5.41) is 11.1. The number of carbonyl (C=O) groups excluding carboxylic acids is 1. The molecule has 0 bridgehead atoms. The smallest absolute Gasteiger partial charge is 0.339 e. The van der Waals surface area contributed by atoms with Crippen LogP contribution in [-0.4, -0.2) is 17.7 Å². The zero-order chi connectivity index (χ0) is 13.3. The van der Waals surface area contributed by atoms with Crippen molar-refractivity contribution < 1.29 is 14.6 Å². The molecule has 0 aliphatic carbocycles. The second kappa shape index (κ2) is 5.08. The summed E-state index contributed by atoms with van der Waals surface area (Å²) in [6.45, 7) is 6.15. The van der Waals surface area contributed by atoms with Crippen molar-refractivity contribution in [3.8, 4) is 0 Å². The fourth-order valence-electron chi connectivity index (χ4n) is 1.89. The standard InChI is InChI=1S/C14H16O3S/c1-4-17-14(16)13(15)10-5-6-11-8(2)9(3)18-12(11)7-10/h5-7,13,15H,4H2,1-3H3. The van der Waals surface area contributed by atoms with Gasteiger partial charge < -0.3 is 9.84 Å². The highest BCUT2D eigenvalue weighted by Gasteiger charge is 2.19. The van der Waals surface area contributed by atoms with E-state index < -0.39 is 12.1 Å². The Morgan fingerprint density at radius 1 is 1.44 bits per heavy atom. The second-order valence-electron chi connectivity index (χ2n) is 4.19. The highest BCUT2D eigenvalue weighted by atomic mass is 32.1. The summed E-state index contributed by atoms with van der Waals surface area (Å²) < 4.78 is 5.90. The fraction of sp³-hybridized carbons (Fsp3) is 0.357. The van der Waals surface area contributed by atoms with Gasteiger partial charge >= 0.3 is 5.97 Å². The van der Waals surface area contributed by atoms with Crippen LogP contribution in [0, 0.1) is 13.8 Å². The number of rotatable bonds is 3. The van der Waals surface area contributed by atoms with Crippen LogP contribution in [0.2, 0.25) is 0 Å². The molecule has 3 nitrogen and oxygen atoms in total. The van der Waals surface area contributed by atoms with E-state index in [1.165, 1.54) is 15.8 Å². The van der Waals surface area contributed by atoms with Crippen LogP contribution in [0.25, 0.3) is 10.1 Å². The molecular weight excluding hydrogens is 248 g/mol. The molecule has 0 spiro atoms. The third kappa shape index (κ3) is 2.26. The van der Waals surface area contributed by atoms with Crippen molar-refractivity contribution >= 4 is 27.4 Å². The number of hydrogen-bond donors (Lipinski definition) is 1. The highest BCUT2D eigenvalue weighted by Crippen LogP contribution is 2.32. The van der Waals surface area contributed by atoms with Gasteiger partial charge in [-0.2, -0.15) is 0 Å². The quantitative estimate of drug-likeness (QED) is 0.866. The van der Waals surface area contributed by atoms with Crippen LogP contribution in [0.3, 0.4) is 0 Å². The molecule has 4 heteroatoms. The molecule has 0 radical (unpaired) electrons. The van der Waals surface area contributed by atoms with Gasteiger partial charge in [-0.25, -0.2) is 4.79 Å². The summed E-state index contributed by atoms with van der Waals surface area (Å²) >= 11 is 1.67. The molecule has 0 amide bonds. The molecule has 2 rings (SSSR count). The van der Waals surface area contributed by atoms with E-state index in [0.717, 1.165) is 4.70 Å². The number of aliphatic hydroxyl groups excluding tert-OH is 1. The second-order valence-corrected chi connectivity index (χ2v) is 5.45. The van der Waals surface area contributed by atoms with Crippen LogP contribution < -0.4 is 0 Å². The van der Waals surface area contributed by atoms with Gasteiger partial charge in [0.25, 0.3) is 0 Å². The molecule has 0 aliphatic heterocycles. The summed E-state index contributed by atoms with van der Waals surface area (Å²) in [5.74, 6) is -0.596. The lowest BCUT2D eigenvalue weighted by atomic mass is 10.1. The number of benzene rings is 1. The van der Waals surface area contributed by atoms with Gasteiger partial charge in [0.05, 0.1) is 6.61 Å². The number of aliphatic hydroxyl groups is 1. The summed E-state index contributed by atoms with van der Waals surface area (Å²) in [7, 11) is 0. The van der Waals surface area contributed by atoms with Gasteiger partial charge in [0.1, 0.15) is 0 Å². The molecule has 0 aliphatic rings. The monoisotopic (exact) mass is 264 g/mol. The average molecular weight is 264 g/mol. The van der Waals surface area contributed by atoms with E-state index in [1.54, 1.807) is 24.3 Å². The predicted molar refractivity (Wildman–Crippen MR) is 72.9 cm³/mol. The van der Waals surface area contributed by atoms with Crippen molar-refractivity contribution in [3.05, 3.63) is 34.2 Å². The van der Waals surface area contributed by atoms with Crippen LogP contribution in [0.4, 0.5) is 0 Å². The normalized spacial score (nSPS) is 12.7. The van der Waals surface area contributed by atoms with Crippen molar-refractivity contribution in [3.63, 3.8) is 0 Å². The van der Waals surface area contributed by atoms with Gasteiger partial charge in [0.2, 0.25) is 0 Å². The lowest BCUT2D eigenvalue weighted by Gasteiger charge is -2.09. The number of hydrogen-bond acceptors (Lipinski definition) is 4. The number of thiophene rings is 1. The van der Waals surface area contributed by atoms with Crippen molar-refractivity contribution in [1.29, 1.82) is 0 Å². The maximum absolute atomic E-state index is 11.5. The molecule has 1 unspecified atom stereocenters. The van der Waals surface area contributed by atoms with E-state index in [9.17, 15) is 9.90 Å². The molecule has 18 heavy (non-hydrogen) atoms. The molecular formula is C14H16O3S. The third-order valence-electron chi connectivity index (χ3n) is 3.03. The van der Waals surface area contributed by atoms with E-state index in [-0.39, 0.29) is 6.61 Å².